The Kier molecular flexibility index (Phi) is 2.63. The highest BCUT2D eigenvalue weighted by atomic mass is 16.1. The number of hydrogen-bond acceptors (Lipinski definition) is 1. The molecular weight excluding hydrogens is 244 g/mol. The SMILES string of the molecule is C[C@@]12C=CC[C@H]1[C@@H]1CCC3CC(=O)C=C[C@]3(C)[C@@H]1CC2. The van der Waals surface area contributed by atoms with Gasteiger partial charge < -0.3 is 0 Å². The van der Waals surface area contributed by atoms with E-state index in [4.69, 9.17) is 0 Å². The maximum atomic E-state index is 11.8. The molecule has 0 aromatic heterocycles. The first-order valence-electron chi connectivity index (χ1n) is 8.43. The van der Waals surface area contributed by atoms with E-state index >= 15 is 0 Å². The molecule has 0 saturated heterocycles. The summed E-state index contributed by atoms with van der Waals surface area (Å²) in [5.41, 5.74) is 0.763. The maximum Gasteiger partial charge on any atom is 0.155 e. The average Bonchev–Trinajstić information content (AvgIpc) is 2.81. The van der Waals surface area contributed by atoms with Crippen molar-refractivity contribution < 1.29 is 4.79 Å². The molecule has 20 heavy (non-hydrogen) atoms. The Bertz CT molecular complexity index is 502. The smallest absolute Gasteiger partial charge is 0.155 e. The molecule has 4 aliphatic carbocycles. The minimum Gasteiger partial charge on any atom is -0.295 e. The molecule has 2 saturated carbocycles. The zero-order chi connectivity index (χ0) is 14.0. The van der Waals surface area contributed by atoms with Crippen molar-refractivity contribution >= 4 is 5.78 Å². The zero-order valence-corrected chi connectivity index (χ0v) is 12.8. The Morgan fingerprint density at radius 2 is 1.95 bits per heavy atom. The zero-order valence-electron chi connectivity index (χ0n) is 12.8. The van der Waals surface area contributed by atoms with Gasteiger partial charge in [0.2, 0.25) is 0 Å². The molecule has 1 unspecified atom stereocenters. The van der Waals surface area contributed by atoms with E-state index in [1.54, 1.807) is 0 Å². The molecule has 1 heteroatoms. The van der Waals surface area contributed by atoms with E-state index in [1.165, 1.54) is 32.1 Å². The normalized spacial score (nSPS) is 53.4. The van der Waals surface area contributed by atoms with Crippen LogP contribution in [0.4, 0.5) is 0 Å². The van der Waals surface area contributed by atoms with Gasteiger partial charge in [0.25, 0.3) is 0 Å². The summed E-state index contributed by atoms with van der Waals surface area (Å²) in [6.45, 7) is 4.93. The fourth-order valence-corrected chi connectivity index (χ4v) is 6.12. The van der Waals surface area contributed by atoms with Gasteiger partial charge in [0.1, 0.15) is 0 Å². The van der Waals surface area contributed by atoms with E-state index < -0.39 is 0 Å². The number of hydrogen-bond donors (Lipinski definition) is 0. The topological polar surface area (TPSA) is 17.1 Å². The van der Waals surface area contributed by atoms with Gasteiger partial charge in [-0.15, -0.1) is 0 Å². The van der Waals surface area contributed by atoms with E-state index in [0.29, 0.717) is 22.5 Å². The fourth-order valence-electron chi connectivity index (χ4n) is 6.12. The Morgan fingerprint density at radius 3 is 2.80 bits per heavy atom. The molecule has 4 rings (SSSR count). The van der Waals surface area contributed by atoms with Crippen LogP contribution in [0.15, 0.2) is 24.3 Å². The van der Waals surface area contributed by atoms with Gasteiger partial charge in [-0.1, -0.05) is 32.1 Å². The lowest BCUT2D eigenvalue weighted by Gasteiger charge is -2.58. The van der Waals surface area contributed by atoms with Crippen molar-refractivity contribution in [3.05, 3.63) is 24.3 Å². The molecule has 0 aliphatic heterocycles. The molecule has 0 bridgehead atoms. The number of carbonyl (C=O) groups is 1. The first-order chi connectivity index (χ1) is 9.53. The maximum absolute atomic E-state index is 11.8. The van der Waals surface area contributed by atoms with E-state index in [9.17, 15) is 4.79 Å². The van der Waals surface area contributed by atoms with E-state index in [-0.39, 0.29) is 0 Å². The number of allylic oxidation sites excluding steroid dienone is 4. The van der Waals surface area contributed by atoms with Crippen LogP contribution in [0.2, 0.25) is 0 Å². The van der Waals surface area contributed by atoms with Crippen molar-refractivity contribution in [2.45, 2.75) is 52.4 Å². The number of fused-ring (bicyclic) bond motifs is 5. The van der Waals surface area contributed by atoms with Crippen LogP contribution in [0, 0.1) is 34.5 Å². The molecular formula is C19H26O. The van der Waals surface area contributed by atoms with Crippen molar-refractivity contribution in [3.63, 3.8) is 0 Å². The molecule has 0 amide bonds. The lowest BCUT2D eigenvalue weighted by Crippen LogP contribution is -2.51. The summed E-state index contributed by atoms with van der Waals surface area (Å²) in [5, 5.41) is 0. The van der Waals surface area contributed by atoms with Crippen LogP contribution in [-0.4, -0.2) is 5.78 Å². The minimum absolute atomic E-state index is 0.292. The molecule has 4 aliphatic rings. The largest absolute Gasteiger partial charge is 0.295 e. The standard InChI is InChI=1S/C19H26O/c1-18-9-3-4-16(18)15-6-5-13-12-14(20)7-11-19(13,2)17(15)8-10-18/h3,7,9,11,13,15-17H,4-6,8,10,12H2,1-2H3/t13?,15-,16-,17+,18-,19-/m0/s1. The highest BCUT2D eigenvalue weighted by Gasteiger charge is 2.55. The summed E-state index contributed by atoms with van der Waals surface area (Å²) in [5.74, 6) is 3.52. The fraction of sp³-hybridized carbons (Fsp3) is 0.737. The van der Waals surface area contributed by atoms with Crippen LogP contribution >= 0.6 is 0 Å². The van der Waals surface area contributed by atoms with E-state index in [2.05, 4.69) is 32.1 Å². The van der Waals surface area contributed by atoms with Crippen molar-refractivity contribution in [1.82, 2.24) is 0 Å². The van der Waals surface area contributed by atoms with Gasteiger partial charge >= 0.3 is 0 Å². The molecule has 0 aromatic rings. The Hall–Kier alpha value is -0.850. The third-order valence-electron chi connectivity index (χ3n) is 7.37. The van der Waals surface area contributed by atoms with Crippen molar-refractivity contribution in [2.75, 3.05) is 0 Å². The van der Waals surface area contributed by atoms with Gasteiger partial charge in [-0.2, -0.15) is 0 Å². The first-order valence-corrected chi connectivity index (χ1v) is 8.43. The third kappa shape index (κ3) is 1.58. The predicted octanol–water partition coefficient (Wildman–Crippen LogP) is 4.54. The molecule has 0 radical (unpaired) electrons. The first kappa shape index (κ1) is 12.9. The summed E-state index contributed by atoms with van der Waals surface area (Å²) in [7, 11) is 0. The lowest BCUT2D eigenvalue weighted by atomic mass is 9.46. The van der Waals surface area contributed by atoms with Gasteiger partial charge in [-0.25, -0.2) is 0 Å². The predicted molar refractivity (Wildman–Crippen MR) is 81.2 cm³/mol. The second-order valence-electron chi connectivity index (χ2n) is 8.20. The summed E-state index contributed by atoms with van der Waals surface area (Å²) in [6.07, 6.45) is 16.5. The van der Waals surface area contributed by atoms with Crippen molar-refractivity contribution in [3.8, 4) is 0 Å². The second kappa shape index (κ2) is 4.08. The van der Waals surface area contributed by atoms with Crippen molar-refractivity contribution in [1.29, 1.82) is 0 Å². The quantitative estimate of drug-likeness (QED) is 0.591. The third-order valence-corrected chi connectivity index (χ3v) is 7.37. The van der Waals surface area contributed by atoms with Gasteiger partial charge in [0.05, 0.1) is 0 Å². The van der Waals surface area contributed by atoms with Gasteiger partial charge in [0.15, 0.2) is 5.78 Å². The van der Waals surface area contributed by atoms with Gasteiger partial charge in [-0.3, -0.25) is 4.79 Å². The molecule has 108 valence electrons. The van der Waals surface area contributed by atoms with Crippen LogP contribution in [0.1, 0.15) is 52.4 Å². The van der Waals surface area contributed by atoms with Crippen LogP contribution < -0.4 is 0 Å². The number of rotatable bonds is 0. The van der Waals surface area contributed by atoms with Gasteiger partial charge in [0, 0.05) is 6.42 Å². The second-order valence-corrected chi connectivity index (χ2v) is 8.20. The lowest BCUT2D eigenvalue weighted by molar-refractivity contribution is -0.121. The summed E-state index contributed by atoms with van der Waals surface area (Å²) >= 11 is 0. The minimum atomic E-state index is 0.292. The van der Waals surface area contributed by atoms with E-state index in [0.717, 1.165) is 24.2 Å². The molecule has 0 spiro atoms. The Morgan fingerprint density at radius 1 is 1.10 bits per heavy atom. The molecule has 2 fully saturated rings. The molecule has 1 nitrogen and oxygen atoms in total. The summed E-state index contributed by atoms with van der Waals surface area (Å²) < 4.78 is 0. The molecule has 6 atom stereocenters. The molecule has 0 aromatic carbocycles. The summed E-state index contributed by atoms with van der Waals surface area (Å²) in [6, 6.07) is 0. The molecule has 0 heterocycles. The number of ketones is 1. The average molecular weight is 270 g/mol. The van der Waals surface area contributed by atoms with Crippen LogP contribution in [0.3, 0.4) is 0 Å². The van der Waals surface area contributed by atoms with Crippen molar-refractivity contribution in [2.24, 2.45) is 34.5 Å². The highest BCUT2D eigenvalue weighted by Crippen LogP contribution is 2.63. The van der Waals surface area contributed by atoms with Crippen LogP contribution in [-0.2, 0) is 4.79 Å². The Labute approximate surface area is 122 Å². The molecule has 0 N–H and O–H groups in total. The number of carbonyl (C=O) groups excluding carboxylic acids is 1. The Balaban J connectivity index is 1.69. The van der Waals surface area contributed by atoms with Gasteiger partial charge in [-0.05, 0) is 72.7 Å². The highest BCUT2D eigenvalue weighted by molar-refractivity contribution is 5.91. The summed E-state index contributed by atoms with van der Waals surface area (Å²) in [4.78, 5) is 11.8. The monoisotopic (exact) mass is 270 g/mol. The van der Waals surface area contributed by atoms with Crippen LogP contribution in [0.5, 0.6) is 0 Å². The van der Waals surface area contributed by atoms with Crippen LogP contribution in [0.25, 0.3) is 0 Å². The van der Waals surface area contributed by atoms with E-state index in [1.807, 2.05) is 6.08 Å².